The standard InChI is InChI=1S/C10H17N3O2S2/c1-6-10(16-7(2)12-6)17(14,15)13-9(5-11)8-3-4-8/h8-9,13H,3-5,11H2,1-2H3. The lowest BCUT2D eigenvalue weighted by atomic mass is 10.2. The highest BCUT2D eigenvalue weighted by Crippen LogP contribution is 2.33. The van der Waals surface area contributed by atoms with Gasteiger partial charge in [-0.2, -0.15) is 0 Å². The van der Waals surface area contributed by atoms with Gasteiger partial charge in [-0.05, 0) is 32.6 Å². The highest BCUT2D eigenvalue weighted by molar-refractivity contribution is 7.91. The second kappa shape index (κ2) is 4.64. The third-order valence-corrected chi connectivity index (χ3v) is 6.03. The van der Waals surface area contributed by atoms with E-state index in [1.54, 1.807) is 13.8 Å². The molecule has 0 saturated heterocycles. The van der Waals surface area contributed by atoms with Crippen LogP contribution < -0.4 is 10.5 Å². The minimum atomic E-state index is -3.46. The number of rotatable bonds is 5. The monoisotopic (exact) mass is 275 g/mol. The van der Waals surface area contributed by atoms with Gasteiger partial charge in [0.05, 0.1) is 10.7 Å². The van der Waals surface area contributed by atoms with Crippen molar-refractivity contribution in [3.8, 4) is 0 Å². The summed E-state index contributed by atoms with van der Waals surface area (Å²) in [6.45, 7) is 3.87. The molecular formula is C10H17N3O2S2. The average molecular weight is 275 g/mol. The molecule has 1 aliphatic rings. The second-order valence-electron chi connectivity index (χ2n) is 4.41. The van der Waals surface area contributed by atoms with Gasteiger partial charge in [-0.3, -0.25) is 0 Å². The normalized spacial score (nSPS) is 18.3. The lowest BCUT2D eigenvalue weighted by molar-refractivity contribution is 0.520. The molecule has 96 valence electrons. The molecule has 7 heteroatoms. The van der Waals surface area contributed by atoms with Crippen LogP contribution in [0.4, 0.5) is 0 Å². The molecule has 0 radical (unpaired) electrons. The minimum Gasteiger partial charge on any atom is -0.329 e. The number of sulfonamides is 1. The van der Waals surface area contributed by atoms with Gasteiger partial charge in [-0.1, -0.05) is 0 Å². The van der Waals surface area contributed by atoms with E-state index in [-0.39, 0.29) is 6.04 Å². The average Bonchev–Trinajstić information content (AvgIpc) is 3.01. The van der Waals surface area contributed by atoms with Crippen molar-refractivity contribution < 1.29 is 8.42 Å². The molecule has 17 heavy (non-hydrogen) atoms. The van der Waals surface area contributed by atoms with Crippen molar-refractivity contribution in [2.45, 2.75) is 36.9 Å². The van der Waals surface area contributed by atoms with E-state index in [1.165, 1.54) is 11.3 Å². The summed E-state index contributed by atoms with van der Waals surface area (Å²) in [4.78, 5) is 4.14. The van der Waals surface area contributed by atoms with E-state index in [2.05, 4.69) is 9.71 Å². The topological polar surface area (TPSA) is 85.1 Å². The van der Waals surface area contributed by atoms with Crippen molar-refractivity contribution in [2.24, 2.45) is 11.7 Å². The number of thiazole rings is 1. The first-order valence-electron chi connectivity index (χ1n) is 5.60. The van der Waals surface area contributed by atoms with Crippen LogP contribution in [0.3, 0.4) is 0 Å². The number of aryl methyl sites for hydroxylation is 2. The van der Waals surface area contributed by atoms with E-state index < -0.39 is 10.0 Å². The Morgan fingerprint density at radius 1 is 1.53 bits per heavy atom. The summed E-state index contributed by atoms with van der Waals surface area (Å²) in [5.41, 5.74) is 6.16. The number of nitrogens with one attached hydrogen (secondary N) is 1. The van der Waals surface area contributed by atoms with Crippen molar-refractivity contribution in [3.05, 3.63) is 10.7 Å². The molecule has 0 spiro atoms. The van der Waals surface area contributed by atoms with Gasteiger partial charge in [-0.25, -0.2) is 18.1 Å². The zero-order chi connectivity index (χ0) is 12.6. The maximum Gasteiger partial charge on any atom is 0.252 e. The van der Waals surface area contributed by atoms with Gasteiger partial charge in [0, 0.05) is 12.6 Å². The summed E-state index contributed by atoms with van der Waals surface area (Å²) in [5, 5.41) is 0.763. The second-order valence-corrected chi connectivity index (χ2v) is 7.52. The van der Waals surface area contributed by atoms with Gasteiger partial charge in [-0.15, -0.1) is 11.3 Å². The van der Waals surface area contributed by atoms with Crippen molar-refractivity contribution in [1.82, 2.24) is 9.71 Å². The fourth-order valence-corrected chi connectivity index (χ4v) is 4.67. The fourth-order valence-electron chi connectivity index (χ4n) is 1.85. The Hall–Kier alpha value is -0.500. The quantitative estimate of drug-likeness (QED) is 0.831. The fraction of sp³-hybridized carbons (Fsp3) is 0.700. The molecule has 1 unspecified atom stereocenters. The highest BCUT2D eigenvalue weighted by atomic mass is 32.2. The van der Waals surface area contributed by atoms with Gasteiger partial charge >= 0.3 is 0 Å². The summed E-state index contributed by atoms with van der Waals surface area (Å²) in [6, 6.07) is -0.137. The van der Waals surface area contributed by atoms with Crippen LogP contribution in [0.5, 0.6) is 0 Å². The molecule has 2 rings (SSSR count). The predicted octanol–water partition coefficient (Wildman–Crippen LogP) is 0.776. The zero-order valence-electron chi connectivity index (χ0n) is 9.93. The number of nitrogens with two attached hydrogens (primary N) is 1. The maximum atomic E-state index is 12.2. The summed E-state index contributed by atoms with van der Waals surface area (Å²) in [7, 11) is -3.46. The Balaban J connectivity index is 2.21. The van der Waals surface area contributed by atoms with E-state index in [9.17, 15) is 8.42 Å². The van der Waals surface area contributed by atoms with Crippen LogP contribution in [0.25, 0.3) is 0 Å². The largest absolute Gasteiger partial charge is 0.329 e. The van der Waals surface area contributed by atoms with Crippen molar-refractivity contribution in [1.29, 1.82) is 0 Å². The Labute approximate surface area is 105 Å². The molecular weight excluding hydrogens is 258 g/mol. The molecule has 1 atom stereocenters. The molecule has 0 aromatic carbocycles. The minimum absolute atomic E-state index is 0.137. The van der Waals surface area contributed by atoms with Gasteiger partial charge in [0.2, 0.25) is 0 Å². The Morgan fingerprint density at radius 3 is 2.59 bits per heavy atom. The first kappa shape index (κ1) is 12.9. The summed E-state index contributed by atoms with van der Waals surface area (Å²) in [6.07, 6.45) is 2.12. The van der Waals surface area contributed by atoms with E-state index in [0.717, 1.165) is 17.8 Å². The van der Waals surface area contributed by atoms with Crippen LogP contribution in [0.1, 0.15) is 23.5 Å². The van der Waals surface area contributed by atoms with E-state index in [1.807, 2.05) is 0 Å². The van der Waals surface area contributed by atoms with Crippen LogP contribution in [-0.4, -0.2) is 26.0 Å². The summed E-state index contributed by atoms with van der Waals surface area (Å²) < 4.78 is 27.4. The summed E-state index contributed by atoms with van der Waals surface area (Å²) in [5.74, 6) is 0.407. The van der Waals surface area contributed by atoms with Gasteiger partial charge < -0.3 is 5.73 Å². The molecule has 1 fully saturated rings. The number of hydrogen-bond acceptors (Lipinski definition) is 5. The Kier molecular flexibility index (Phi) is 3.53. The maximum absolute atomic E-state index is 12.2. The third kappa shape index (κ3) is 2.85. The lowest BCUT2D eigenvalue weighted by Gasteiger charge is -2.15. The van der Waals surface area contributed by atoms with Crippen LogP contribution >= 0.6 is 11.3 Å². The molecule has 1 heterocycles. The third-order valence-electron chi connectivity index (χ3n) is 2.86. The van der Waals surface area contributed by atoms with Crippen molar-refractivity contribution in [2.75, 3.05) is 6.54 Å². The molecule has 3 N–H and O–H groups in total. The molecule has 1 aliphatic carbocycles. The predicted molar refractivity (Wildman–Crippen MR) is 67.5 cm³/mol. The Morgan fingerprint density at radius 2 is 2.18 bits per heavy atom. The van der Waals surface area contributed by atoms with Gasteiger partial charge in [0.25, 0.3) is 10.0 Å². The van der Waals surface area contributed by atoms with Crippen molar-refractivity contribution >= 4 is 21.4 Å². The molecule has 0 bridgehead atoms. The lowest BCUT2D eigenvalue weighted by Crippen LogP contribution is -2.41. The number of nitrogens with zero attached hydrogens (tertiary/aromatic N) is 1. The SMILES string of the molecule is Cc1nc(C)c(S(=O)(=O)NC(CN)C2CC2)s1. The van der Waals surface area contributed by atoms with Gasteiger partial charge in [0.15, 0.2) is 4.21 Å². The zero-order valence-corrected chi connectivity index (χ0v) is 11.6. The molecule has 1 aromatic rings. The molecule has 0 amide bonds. The van der Waals surface area contributed by atoms with Crippen molar-refractivity contribution in [3.63, 3.8) is 0 Å². The van der Waals surface area contributed by atoms with Gasteiger partial charge in [0.1, 0.15) is 0 Å². The van der Waals surface area contributed by atoms with Crippen LogP contribution in [0.2, 0.25) is 0 Å². The van der Waals surface area contributed by atoms with Crippen LogP contribution in [-0.2, 0) is 10.0 Å². The van der Waals surface area contributed by atoms with E-state index >= 15 is 0 Å². The molecule has 1 saturated carbocycles. The molecule has 5 nitrogen and oxygen atoms in total. The first-order chi connectivity index (χ1) is 7.94. The molecule has 1 aromatic heterocycles. The highest BCUT2D eigenvalue weighted by Gasteiger charge is 2.34. The summed E-state index contributed by atoms with van der Waals surface area (Å²) >= 11 is 1.20. The number of hydrogen-bond donors (Lipinski definition) is 2. The van der Waals surface area contributed by atoms with Crippen LogP contribution in [0.15, 0.2) is 4.21 Å². The van der Waals surface area contributed by atoms with Crippen LogP contribution in [0, 0.1) is 19.8 Å². The molecule has 0 aliphatic heterocycles. The number of aromatic nitrogens is 1. The van der Waals surface area contributed by atoms with E-state index in [4.69, 9.17) is 5.73 Å². The van der Waals surface area contributed by atoms with E-state index in [0.29, 0.717) is 22.4 Å². The first-order valence-corrected chi connectivity index (χ1v) is 7.90. The smallest absolute Gasteiger partial charge is 0.252 e. The Bertz CT molecular complexity index is 506.